The molecule has 106 valence electrons. The number of carboxylic acid groups (broad SMARTS) is 1. The molecule has 0 spiro atoms. The molecular weight excluding hydrogens is 295 g/mol. The van der Waals surface area contributed by atoms with Gasteiger partial charge in [-0.3, -0.25) is 4.79 Å². The fraction of sp³-hybridized carbons (Fsp3) is 0.167. The fourth-order valence-electron chi connectivity index (χ4n) is 1.72. The van der Waals surface area contributed by atoms with Gasteiger partial charge in [0.15, 0.2) is 0 Å². The predicted octanol–water partition coefficient (Wildman–Crippen LogP) is 3.58. The Labute approximate surface area is 114 Å². The van der Waals surface area contributed by atoms with Gasteiger partial charge < -0.3 is 10.4 Å². The van der Waals surface area contributed by atoms with Gasteiger partial charge in [0.25, 0.3) is 0 Å². The normalized spacial score (nSPS) is 11.6. The summed E-state index contributed by atoms with van der Waals surface area (Å²) < 4.78 is 38.0. The molecular formula is C12H8F3NO3S. The Morgan fingerprint density at radius 1 is 1.30 bits per heavy atom. The molecule has 2 rings (SSSR count). The maximum atomic E-state index is 12.6. The number of amides is 1. The molecule has 20 heavy (non-hydrogen) atoms. The predicted molar refractivity (Wildman–Crippen MR) is 68.1 cm³/mol. The molecule has 2 aromatic rings. The second-order valence-corrected chi connectivity index (χ2v) is 5.05. The Morgan fingerprint density at radius 2 is 1.95 bits per heavy atom. The summed E-state index contributed by atoms with van der Waals surface area (Å²) in [5, 5.41) is 11.7. The Bertz CT molecular complexity index is 706. The fourth-order valence-corrected chi connectivity index (χ4v) is 2.76. The summed E-state index contributed by atoms with van der Waals surface area (Å²) in [5.74, 6) is -1.80. The number of benzene rings is 1. The van der Waals surface area contributed by atoms with Crippen molar-refractivity contribution in [2.45, 2.75) is 13.1 Å². The highest BCUT2D eigenvalue weighted by atomic mass is 32.1. The Kier molecular flexibility index (Phi) is 3.43. The molecule has 0 atom stereocenters. The van der Waals surface area contributed by atoms with Gasteiger partial charge in [-0.25, -0.2) is 4.79 Å². The molecule has 0 aliphatic rings. The van der Waals surface area contributed by atoms with E-state index in [2.05, 4.69) is 5.32 Å². The maximum Gasteiger partial charge on any atom is 0.416 e. The van der Waals surface area contributed by atoms with Gasteiger partial charge >= 0.3 is 12.1 Å². The molecule has 1 amide bonds. The molecule has 0 radical (unpaired) electrons. The number of carbonyl (C=O) groups excluding carboxylic acids is 1. The summed E-state index contributed by atoms with van der Waals surface area (Å²) in [6, 6.07) is 2.89. The number of fused-ring (bicyclic) bond motifs is 1. The third kappa shape index (κ3) is 2.60. The Balaban J connectivity index is 2.68. The van der Waals surface area contributed by atoms with E-state index in [9.17, 15) is 22.8 Å². The van der Waals surface area contributed by atoms with Crippen molar-refractivity contribution in [3.05, 3.63) is 28.6 Å². The van der Waals surface area contributed by atoms with Crippen LogP contribution < -0.4 is 5.32 Å². The number of halogens is 3. The van der Waals surface area contributed by atoms with Crippen molar-refractivity contribution >= 4 is 39.0 Å². The molecule has 2 N–H and O–H groups in total. The quantitative estimate of drug-likeness (QED) is 0.891. The lowest BCUT2D eigenvalue weighted by Gasteiger charge is -2.06. The number of rotatable bonds is 2. The molecule has 1 aromatic carbocycles. The molecule has 0 saturated heterocycles. The Morgan fingerprint density at radius 3 is 2.45 bits per heavy atom. The summed E-state index contributed by atoms with van der Waals surface area (Å²) in [6.45, 7) is 1.19. The molecule has 0 aliphatic carbocycles. The van der Waals surface area contributed by atoms with Crippen LogP contribution in [0.3, 0.4) is 0 Å². The van der Waals surface area contributed by atoms with E-state index in [-0.39, 0.29) is 20.7 Å². The van der Waals surface area contributed by atoms with E-state index < -0.39 is 23.6 Å². The zero-order valence-electron chi connectivity index (χ0n) is 10.0. The van der Waals surface area contributed by atoms with Gasteiger partial charge in [-0.05, 0) is 12.1 Å². The van der Waals surface area contributed by atoms with E-state index in [1.54, 1.807) is 0 Å². The van der Waals surface area contributed by atoms with E-state index in [4.69, 9.17) is 5.11 Å². The van der Waals surface area contributed by atoms with Crippen LogP contribution in [-0.4, -0.2) is 17.0 Å². The van der Waals surface area contributed by atoms with Crippen LogP contribution in [-0.2, 0) is 11.0 Å². The van der Waals surface area contributed by atoms with Crippen LogP contribution >= 0.6 is 11.3 Å². The zero-order chi connectivity index (χ0) is 15.1. The maximum absolute atomic E-state index is 12.6. The number of carbonyl (C=O) groups is 2. The molecule has 8 heteroatoms. The molecule has 0 saturated carbocycles. The smallest absolute Gasteiger partial charge is 0.416 e. The first kappa shape index (κ1) is 14.3. The van der Waals surface area contributed by atoms with Crippen LogP contribution in [0.2, 0.25) is 0 Å². The summed E-state index contributed by atoms with van der Waals surface area (Å²) in [5.41, 5.74) is -0.837. The number of carboxylic acids is 1. The first-order chi connectivity index (χ1) is 9.20. The lowest BCUT2D eigenvalue weighted by atomic mass is 10.1. The minimum Gasteiger partial charge on any atom is -0.477 e. The number of anilines is 1. The van der Waals surface area contributed by atoms with Crippen LogP contribution in [0.1, 0.15) is 22.2 Å². The van der Waals surface area contributed by atoms with Gasteiger partial charge in [0.05, 0.1) is 11.3 Å². The largest absolute Gasteiger partial charge is 0.477 e. The number of alkyl halides is 3. The van der Waals surface area contributed by atoms with E-state index in [1.807, 2.05) is 0 Å². The Hall–Kier alpha value is -2.09. The van der Waals surface area contributed by atoms with Crippen molar-refractivity contribution < 1.29 is 27.9 Å². The minimum atomic E-state index is -4.50. The second kappa shape index (κ2) is 4.78. The number of nitrogens with one attached hydrogen (secondary N) is 1. The molecule has 0 aliphatic heterocycles. The number of aromatic carboxylic acids is 1. The highest BCUT2D eigenvalue weighted by Gasteiger charge is 2.31. The van der Waals surface area contributed by atoms with Gasteiger partial charge in [-0.15, -0.1) is 11.3 Å². The van der Waals surface area contributed by atoms with Crippen molar-refractivity contribution in [1.82, 2.24) is 0 Å². The highest BCUT2D eigenvalue weighted by Crippen LogP contribution is 2.39. The van der Waals surface area contributed by atoms with E-state index in [0.29, 0.717) is 11.3 Å². The van der Waals surface area contributed by atoms with E-state index in [1.165, 1.54) is 6.92 Å². The van der Waals surface area contributed by atoms with E-state index in [0.717, 1.165) is 18.2 Å². The van der Waals surface area contributed by atoms with Gasteiger partial charge in [-0.2, -0.15) is 13.2 Å². The SMILES string of the molecule is CC(=O)Nc1c(C(=O)O)sc2cc(C(F)(F)F)ccc12. The summed E-state index contributed by atoms with van der Waals surface area (Å²) in [4.78, 5) is 22.0. The molecule has 0 fully saturated rings. The third-order valence-corrected chi connectivity index (χ3v) is 3.65. The van der Waals surface area contributed by atoms with Crippen molar-refractivity contribution in [2.24, 2.45) is 0 Å². The third-order valence-electron chi connectivity index (χ3n) is 2.51. The van der Waals surface area contributed by atoms with Crippen molar-refractivity contribution in [3.63, 3.8) is 0 Å². The molecule has 0 bridgehead atoms. The second-order valence-electron chi connectivity index (χ2n) is 4.00. The lowest BCUT2D eigenvalue weighted by Crippen LogP contribution is -2.09. The standard InChI is InChI=1S/C12H8F3NO3S/c1-5(17)16-9-7-3-2-6(12(13,14)15)4-8(7)20-10(9)11(18)19/h2-4H,1H3,(H,16,17)(H,18,19). The van der Waals surface area contributed by atoms with E-state index >= 15 is 0 Å². The minimum absolute atomic E-state index is 0.0266. The molecule has 4 nitrogen and oxygen atoms in total. The summed E-state index contributed by atoms with van der Waals surface area (Å²) >= 11 is 0.690. The average molecular weight is 303 g/mol. The highest BCUT2D eigenvalue weighted by molar-refractivity contribution is 7.21. The van der Waals surface area contributed by atoms with Crippen molar-refractivity contribution in [1.29, 1.82) is 0 Å². The number of hydrogen-bond donors (Lipinski definition) is 2. The van der Waals surface area contributed by atoms with Crippen LogP contribution in [0.15, 0.2) is 18.2 Å². The van der Waals surface area contributed by atoms with Gasteiger partial charge in [0, 0.05) is 17.0 Å². The van der Waals surface area contributed by atoms with Crippen LogP contribution in [0, 0.1) is 0 Å². The van der Waals surface area contributed by atoms with Crippen LogP contribution in [0.4, 0.5) is 18.9 Å². The van der Waals surface area contributed by atoms with Crippen LogP contribution in [0.25, 0.3) is 10.1 Å². The first-order valence-electron chi connectivity index (χ1n) is 5.35. The zero-order valence-corrected chi connectivity index (χ0v) is 10.9. The molecule has 0 unspecified atom stereocenters. The number of hydrogen-bond acceptors (Lipinski definition) is 3. The average Bonchev–Trinajstić information content (AvgIpc) is 2.65. The van der Waals surface area contributed by atoms with Gasteiger partial charge in [0.1, 0.15) is 4.88 Å². The van der Waals surface area contributed by atoms with Gasteiger partial charge in [-0.1, -0.05) is 6.07 Å². The molecule has 1 heterocycles. The lowest BCUT2D eigenvalue weighted by molar-refractivity contribution is -0.137. The van der Waals surface area contributed by atoms with Gasteiger partial charge in [0.2, 0.25) is 5.91 Å². The number of thiophene rings is 1. The van der Waals surface area contributed by atoms with Crippen LogP contribution in [0.5, 0.6) is 0 Å². The monoisotopic (exact) mass is 303 g/mol. The first-order valence-corrected chi connectivity index (χ1v) is 6.16. The summed E-state index contributed by atoms with van der Waals surface area (Å²) in [6.07, 6.45) is -4.50. The summed E-state index contributed by atoms with van der Waals surface area (Å²) in [7, 11) is 0. The topological polar surface area (TPSA) is 66.4 Å². The van der Waals surface area contributed by atoms with Crippen molar-refractivity contribution in [3.8, 4) is 0 Å². The van der Waals surface area contributed by atoms with Crippen molar-refractivity contribution in [2.75, 3.05) is 5.32 Å². The molecule has 1 aromatic heterocycles.